The van der Waals surface area contributed by atoms with Crippen molar-refractivity contribution < 1.29 is 14.3 Å². The maximum Gasteiger partial charge on any atom is 0.240 e. The Kier molecular flexibility index (Phi) is 6.12. The molecule has 2 heterocycles. The molecule has 0 aliphatic carbocycles. The van der Waals surface area contributed by atoms with Crippen molar-refractivity contribution in [3.8, 4) is 0 Å². The van der Waals surface area contributed by atoms with Gasteiger partial charge in [0, 0.05) is 23.9 Å². The largest absolute Gasteiger partial charge is 0.350 e. The zero-order valence-electron chi connectivity index (χ0n) is 15.3. The summed E-state index contributed by atoms with van der Waals surface area (Å²) in [6.45, 7) is 2.91. The Bertz CT molecular complexity index is 726. The first-order valence-corrected chi connectivity index (χ1v) is 10.5. The van der Waals surface area contributed by atoms with Gasteiger partial charge < -0.3 is 14.4 Å². The fourth-order valence-electron chi connectivity index (χ4n) is 3.73. The highest BCUT2D eigenvalue weighted by atomic mass is 32.2. The molecule has 5 heteroatoms. The van der Waals surface area contributed by atoms with Crippen LogP contribution in [0.15, 0.2) is 65.6 Å². The number of carbonyl (C=O) groups is 1. The number of nitrogens with zero attached hydrogens (tertiary/aromatic N) is 1. The molecule has 2 saturated heterocycles. The average molecular weight is 384 g/mol. The molecular formula is C22H25NO3S. The van der Waals surface area contributed by atoms with Crippen molar-refractivity contribution in [1.29, 1.82) is 0 Å². The van der Waals surface area contributed by atoms with E-state index in [4.69, 9.17) is 9.47 Å². The summed E-state index contributed by atoms with van der Waals surface area (Å²) < 4.78 is 11.3. The molecule has 1 amide bonds. The second-order valence-electron chi connectivity index (χ2n) is 6.99. The van der Waals surface area contributed by atoms with E-state index in [-0.39, 0.29) is 17.4 Å². The van der Waals surface area contributed by atoms with Crippen LogP contribution >= 0.6 is 11.8 Å². The molecule has 2 fully saturated rings. The molecule has 0 bridgehead atoms. The first-order chi connectivity index (χ1) is 13.3. The second-order valence-corrected chi connectivity index (χ2v) is 8.17. The van der Waals surface area contributed by atoms with Crippen molar-refractivity contribution in [2.75, 3.05) is 26.3 Å². The molecule has 0 saturated carbocycles. The van der Waals surface area contributed by atoms with Gasteiger partial charge in [-0.1, -0.05) is 48.5 Å². The van der Waals surface area contributed by atoms with E-state index in [0.29, 0.717) is 19.1 Å². The number of amides is 1. The predicted molar refractivity (Wildman–Crippen MR) is 106 cm³/mol. The minimum Gasteiger partial charge on any atom is -0.350 e. The molecule has 27 heavy (non-hydrogen) atoms. The molecule has 1 unspecified atom stereocenters. The van der Waals surface area contributed by atoms with E-state index in [1.165, 1.54) is 0 Å². The van der Waals surface area contributed by atoms with Crippen LogP contribution in [0, 0.1) is 5.92 Å². The standard InChI is InChI=1S/C22H25NO3S/c24-21(23-13-11-18(12-14-23)22-25-15-16-26-22)20(17-7-3-1-4-8-17)27-19-9-5-2-6-10-19/h1-10,18,20,22H,11-16H2. The lowest BCUT2D eigenvalue weighted by molar-refractivity contribution is -0.136. The molecule has 1 atom stereocenters. The van der Waals surface area contributed by atoms with Gasteiger partial charge in [-0.05, 0) is 30.5 Å². The number of thioether (sulfide) groups is 1. The summed E-state index contributed by atoms with van der Waals surface area (Å²) in [6, 6.07) is 20.3. The van der Waals surface area contributed by atoms with Gasteiger partial charge in [-0.25, -0.2) is 0 Å². The minimum atomic E-state index is -0.218. The molecule has 0 aromatic heterocycles. The summed E-state index contributed by atoms with van der Waals surface area (Å²) in [4.78, 5) is 16.5. The summed E-state index contributed by atoms with van der Waals surface area (Å²) in [5.41, 5.74) is 1.06. The number of hydrogen-bond acceptors (Lipinski definition) is 4. The van der Waals surface area contributed by atoms with Gasteiger partial charge in [0.05, 0.1) is 13.2 Å². The van der Waals surface area contributed by atoms with E-state index in [1.54, 1.807) is 11.8 Å². The zero-order chi connectivity index (χ0) is 18.5. The zero-order valence-corrected chi connectivity index (χ0v) is 16.1. The number of piperidine rings is 1. The number of carbonyl (C=O) groups excluding carboxylic acids is 1. The van der Waals surface area contributed by atoms with Gasteiger partial charge in [-0.3, -0.25) is 4.79 Å². The highest BCUT2D eigenvalue weighted by molar-refractivity contribution is 8.00. The molecule has 2 aromatic rings. The Morgan fingerprint density at radius 1 is 0.926 bits per heavy atom. The van der Waals surface area contributed by atoms with Gasteiger partial charge in [-0.2, -0.15) is 0 Å². The molecule has 4 nitrogen and oxygen atoms in total. The van der Waals surface area contributed by atoms with E-state index in [1.807, 2.05) is 53.4 Å². The molecular weight excluding hydrogens is 358 g/mol. The maximum absolute atomic E-state index is 13.4. The molecule has 0 N–H and O–H groups in total. The lowest BCUT2D eigenvalue weighted by Gasteiger charge is -2.35. The van der Waals surface area contributed by atoms with Crippen molar-refractivity contribution in [2.24, 2.45) is 5.92 Å². The van der Waals surface area contributed by atoms with Crippen LogP contribution in [0.5, 0.6) is 0 Å². The van der Waals surface area contributed by atoms with Crippen LogP contribution < -0.4 is 0 Å². The predicted octanol–water partition coefficient (Wildman–Crippen LogP) is 4.13. The van der Waals surface area contributed by atoms with Crippen LogP contribution in [0.25, 0.3) is 0 Å². The maximum atomic E-state index is 13.4. The Morgan fingerprint density at radius 3 is 2.15 bits per heavy atom. The topological polar surface area (TPSA) is 38.8 Å². The van der Waals surface area contributed by atoms with Crippen LogP contribution in [-0.4, -0.2) is 43.4 Å². The van der Waals surface area contributed by atoms with Crippen molar-refractivity contribution in [2.45, 2.75) is 29.3 Å². The number of ether oxygens (including phenoxy) is 2. The van der Waals surface area contributed by atoms with Crippen LogP contribution in [0.4, 0.5) is 0 Å². The Balaban J connectivity index is 1.46. The van der Waals surface area contributed by atoms with Gasteiger partial charge >= 0.3 is 0 Å². The summed E-state index contributed by atoms with van der Waals surface area (Å²) in [5.74, 6) is 0.593. The molecule has 0 spiro atoms. The number of likely N-dealkylation sites (tertiary alicyclic amines) is 1. The van der Waals surface area contributed by atoms with Crippen LogP contribution in [-0.2, 0) is 14.3 Å². The molecule has 2 aliphatic heterocycles. The van der Waals surface area contributed by atoms with E-state index >= 15 is 0 Å². The van der Waals surface area contributed by atoms with Crippen molar-refractivity contribution in [1.82, 2.24) is 4.90 Å². The quantitative estimate of drug-likeness (QED) is 0.728. The fraction of sp³-hybridized carbons (Fsp3) is 0.409. The second kappa shape index (κ2) is 8.91. The van der Waals surface area contributed by atoms with E-state index in [2.05, 4.69) is 12.1 Å². The normalized spacial score (nSPS) is 19.9. The van der Waals surface area contributed by atoms with Gasteiger partial charge in [0.15, 0.2) is 6.29 Å². The smallest absolute Gasteiger partial charge is 0.240 e. The summed E-state index contributed by atoms with van der Waals surface area (Å²) in [6.07, 6.45) is 1.80. The van der Waals surface area contributed by atoms with E-state index < -0.39 is 0 Å². The SMILES string of the molecule is O=C(C(Sc1ccccc1)c1ccccc1)N1CCC(C2OCCO2)CC1. The fourth-order valence-corrected chi connectivity index (χ4v) is 4.86. The van der Waals surface area contributed by atoms with Crippen LogP contribution in [0.1, 0.15) is 23.7 Å². The van der Waals surface area contributed by atoms with Crippen LogP contribution in [0.2, 0.25) is 0 Å². The third-order valence-electron chi connectivity index (χ3n) is 5.21. The third-order valence-corrected chi connectivity index (χ3v) is 6.46. The molecule has 2 aromatic carbocycles. The van der Waals surface area contributed by atoms with Gasteiger partial charge in [0.1, 0.15) is 5.25 Å². The monoisotopic (exact) mass is 383 g/mol. The number of benzene rings is 2. The van der Waals surface area contributed by atoms with E-state index in [9.17, 15) is 4.79 Å². The first-order valence-electron chi connectivity index (χ1n) is 9.60. The lowest BCUT2D eigenvalue weighted by Crippen LogP contribution is -2.43. The van der Waals surface area contributed by atoms with Crippen molar-refractivity contribution in [3.05, 3.63) is 66.2 Å². The molecule has 2 aliphatic rings. The van der Waals surface area contributed by atoms with Crippen LogP contribution in [0.3, 0.4) is 0 Å². The van der Waals surface area contributed by atoms with Crippen molar-refractivity contribution in [3.63, 3.8) is 0 Å². The van der Waals surface area contributed by atoms with Gasteiger partial charge in [0.25, 0.3) is 0 Å². The third kappa shape index (κ3) is 4.54. The Morgan fingerprint density at radius 2 is 1.52 bits per heavy atom. The Hall–Kier alpha value is -1.82. The summed E-state index contributed by atoms with van der Waals surface area (Å²) in [5, 5.41) is -0.218. The number of hydrogen-bond donors (Lipinski definition) is 0. The highest BCUT2D eigenvalue weighted by Gasteiger charge is 2.34. The average Bonchev–Trinajstić information content (AvgIpc) is 3.28. The van der Waals surface area contributed by atoms with Crippen molar-refractivity contribution >= 4 is 17.7 Å². The molecule has 142 valence electrons. The Labute approximate surface area is 164 Å². The summed E-state index contributed by atoms with van der Waals surface area (Å²) in [7, 11) is 0. The van der Waals surface area contributed by atoms with Gasteiger partial charge in [-0.15, -0.1) is 11.8 Å². The first kappa shape index (κ1) is 18.5. The minimum absolute atomic E-state index is 0.0779. The lowest BCUT2D eigenvalue weighted by atomic mass is 9.95. The van der Waals surface area contributed by atoms with E-state index in [0.717, 1.165) is 36.4 Å². The molecule has 0 radical (unpaired) electrons. The van der Waals surface area contributed by atoms with Gasteiger partial charge in [0.2, 0.25) is 5.91 Å². The highest BCUT2D eigenvalue weighted by Crippen LogP contribution is 2.37. The number of rotatable bonds is 5. The summed E-state index contributed by atoms with van der Waals surface area (Å²) >= 11 is 1.63. The molecule has 4 rings (SSSR count).